The molecule has 308 valence electrons. The Kier molecular flexibility index (Phi) is 9.50. The van der Waals surface area contributed by atoms with Crippen molar-refractivity contribution in [2.24, 2.45) is 0 Å². The summed E-state index contributed by atoms with van der Waals surface area (Å²) in [6.45, 7) is 2.22. The van der Waals surface area contributed by atoms with E-state index in [9.17, 15) is 0 Å². The molecule has 1 atom stereocenters. The first-order valence-corrected chi connectivity index (χ1v) is 22.9. The molecule has 2 aliphatic rings. The summed E-state index contributed by atoms with van der Waals surface area (Å²) in [4.78, 5) is 2.53. The summed E-state index contributed by atoms with van der Waals surface area (Å²) in [6, 6.07) is 85.6. The molecule has 10 aromatic carbocycles. The first-order chi connectivity index (χ1) is 32.2. The van der Waals surface area contributed by atoms with E-state index in [4.69, 9.17) is 0 Å². The zero-order chi connectivity index (χ0) is 43.3. The van der Waals surface area contributed by atoms with Gasteiger partial charge in [-0.25, -0.2) is 0 Å². The normalized spacial score (nSPS) is 15.3. The van der Waals surface area contributed by atoms with Gasteiger partial charge in [-0.2, -0.15) is 0 Å². The van der Waals surface area contributed by atoms with E-state index in [0.717, 1.165) is 29.9 Å². The lowest BCUT2D eigenvalue weighted by Crippen LogP contribution is -2.29. The van der Waals surface area contributed by atoms with Crippen LogP contribution in [0.5, 0.6) is 0 Å². The second-order valence-corrected chi connectivity index (χ2v) is 17.5. The molecule has 0 radical (unpaired) electrons. The van der Waals surface area contributed by atoms with Gasteiger partial charge in [-0.05, 0) is 116 Å². The van der Waals surface area contributed by atoms with Crippen molar-refractivity contribution < 1.29 is 0 Å². The third-order valence-corrected chi connectivity index (χ3v) is 13.9. The average Bonchev–Trinajstić information content (AvgIpc) is 3.67. The Bertz CT molecular complexity index is 3490. The monoisotopic (exact) mass is 829 g/mol. The predicted octanol–water partition coefficient (Wildman–Crippen LogP) is 17.2. The molecule has 0 fully saturated rings. The van der Waals surface area contributed by atoms with Crippen molar-refractivity contribution in [1.82, 2.24) is 0 Å². The van der Waals surface area contributed by atoms with Gasteiger partial charge in [0.15, 0.2) is 0 Å². The summed E-state index contributed by atoms with van der Waals surface area (Å²) in [5.41, 5.74) is 19.5. The van der Waals surface area contributed by atoms with Gasteiger partial charge in [0.1, 0.15) is 0 Å². The van der Waals surface area contributed by atoms with E-state index < -0.39 is 5.41 Å². The van der Waals surface area contributed by atoms with Gasteiger partial charge in [-0.1, -0.05) is 224 Å². The smallest absolute Gasteiger partial charge is 0.0710 e. The molecule has 0 N–H and O–H groups in total. The summed E-state index contributed by atoms with van der Waals surface area (Å²) >= 11 is 0. The molecule has 1 nitrogen and oxygen atoms in total. The van der Waals surface area contributed by atoms with Crippen molar-refractivity contribution in [1.29, 1.82) is 0 Å². The van der Waals surface area contributed by atoms with Crippen LogP contribution in [0.4, 0.5) is 17.1 Å². The number of hydrogen-bond donors (Lipinski definition) is 0. The number of anilines is 3. The highest BCUT2D eigenvalue weighted by Gasteiger charge is 2.47. The first kappa shape index (κ1) is 38.7. The minimum absolute atomic E-state index is 0.466. The van der Waals surface area contributed by atoms with Crippen LogP contribution in [0.1, 0.15) is 40.7 Å². The molecule has 65 heavy (non-hydrogen) atoms. The van der Waals surface area contributed by atoms with Gasteiger partial charge >= 0.3 is 0 Å². The fourth-order valence-corrected chi connectivity index (χ4v) is 11.1. The van der Waals surface area contributed by atoms with Crippen molar-refractivity contribution >= 4 is 44.2 Å². The van der Waals surface area contributed by atoms with E-state index in [0.29, 0.717) is 0 Å². The Labute approximate surface area is 381 Å². The van der Waals surface area contributed by atoms with E-state index in [-0.39, 0.29) is 0 Å². The third-order valence-electron chi connectivity index (χ3n) is 13.9. The Morgan fingerprint density at radius 2 is 1.02 bits per heavy atom. The fourth-order valence-electron chi connectivity index (χ4n) is 11.1. The number of para-hydroxylation sites is 2. The molecule has 0 saturated heterocycles. The van der Waals surface area contributed by atoms with E-state index in [2.05, 4.69) is 254 Å². The summed E-state index contributed by atoms with van der Waals surface area (Å²) in [5.74, 6) is 0. The molecule has 0 bridgehead atoms. The van der Waals surface area contributed by atoms with Gasteiger partial charge in [-0.15, -0.1) is 0 Å². The number of benzene rings is 10. The van der Waals surface area contributed by atoms with Crippen LogP contribution in [0, 0.1) is 6.92 Å². The molecule has 2 aliphatic carbocycles. The number of aryl methyl sites for hydroxylation is 1. The van der Waals surface area contributed by atoms with Crippen LogP contribution in [0.25, 0.3) is 60.5 Å². The molecule has 0 spiro atoms. The summed E-state index contributed by atoms with van der Waals surface area (Å²) in [6.07, 6.45) is 6.88. The van der Waals surface area contributed by atoms with Crippen molar-refractivity contribution in [3.63, 3.8) is 0 Å². The maximum atomic E-state index is 2.53. The van der Waals surface area contributed by atoms with Crippen LogP contribution in [0.15, 0.2) is 248 Å². The maximum Gasteiger partial charge on any atom is 0.0710 e. The molecule has 1 unspecified atom stereocenters. The second-order valence-electron chi connectivity index (χ2n) is 17.5. The number of fused-ring (bicyclic) bond motifs is 4. The molecule has 0 amide bonds. The minimum atomic E-state index is -0.466. The van der Waals surface area contributed by atoms with E-state index in [1.165, 1.54) is 93.9 Å². The van der Waals surface area contributed by atoms with Crippen LogP contribution in [-0.2, 0) is 5.41 Å². The van der Waals surface area contributed by atoms with Gasteiger partial charge in [-0.3, -0.25) is 0 Å². The topological polar surface area (TPSA) is 3.24 Å². The molecule has 0 aromatic heterocycles. The maximum absolute atomic E-state index is 2.53. The Hall–Kier alpha value is -8.00. The average molecular weight is 830 g/mol. The molecule has 0 saturated carbocycles. The highest BCUT2D eigenvalue weighted by molar-refractivity contribution is 6.10. The quantitative estimate of drug-likeness (QED) is 0.147. The highest BCUT2D eigenvalue weighted by Crippen LogP contribution is 2.58. The van der Waals surface area contributed by atoms with Crippen molar-refractivity contribution in [2.75, 3.05) is 4.90 Å². The fraction of sp³-hybridized carbons (Fsp3) is 0.0625. The van der Waals surface area contributed by atoms with Crippen molar-refractivity contribution in [2.45, 2.75) is 25.2 Å². The van der Waals surface area contributed by atoms with Crippen LogP contribution in [0.2, 0.25) is 0 Å². The van der Waals surface area contributed by atoms with Crippen LogP contribution in [-0.4, -0.2) is 0 Å². The predicted molar refractivity (Wildman–Crippen MR) is 275 cm³/mol. The Morgan fingerprint density at radius 3 is 1.83 bits per heavy atom. The summed E-state index contributed by atoms with van der Waals surface area (Å²) in [7, 11) is 0. The van der Waals surface area contributed by atoms with E-state index >= 15 is 0 Å². The number of nitrogens with zero attached hydrogens (tertiary/aromatic N) is 1. The summed E-state index contributed by atoms with van der Waals surface area (Å²) < 4.78 is 0. The second kappa shape index (κ2) is 16.0. The lowest BCUT2D eigenvalue weighted by molar-refractivity contribution is 0.756. The molecule has 0 aliphatic heterocycles. The van der Waals surface area contributed by atoms with E-state index in [1.54, 1.807) is 0 Å². The van der Waals surface area contributed by atoms with Gasteiger partial charge in [0, 0.05) is 16.5 Å². The highest BCUT2D eigenvalue weighted by atomic mass is 15.1. The molecular weight excluding hydrogens is 783 g/mol. The standard InChI is InChI=1S/C64H47N/c1-44-20-16-29-50(42-44)64(49-27-6-3-7-28-49)58-36-13-10-32-54(58)55-41-40-48(43-59(55)64)52-31-11-14-37-60(52)65(61-39-19-24-45-23-8-9-30-51(45)61)62-38-15-12-33-56(62)57-35-18-26-47-25-17-34-53(63(47)57)46-21-4-2-5-22-46/h2-9,11-31,33-43H,10,32H2,1H3. The van der Waals surface area contributed by atoms with Gasteiger partial charge in [0.2, 0.25) is 0 Å². The van der Waals surface area contributed by atoms with Crippen molar-refractivity contribution in [3.05, 3.63) is 276 Å². The SMILES string of the molecule is Cc1cccc(C2(c3ccccc3)C3=C(CCC=C3)c3ccc(-c4ccccc4N(c4ccccc4-c4cccc5cccc(-c6ccccc6)c45)c4cccc5ccccc45)cc32)c1. The Balaban J connectivity index is 1.12. The van der Waals surface area contributed by atoms with Gasteiger partial charge in [0.25, 0.3) is 0 Å². The number of hydrogen-bond acceptors (Lipinski definition) is 1. The van der Waals surface area contributed by atoms with Crippen LogP contribution >= 0.6 is 0 Å². The van der Waals surface area contributed by atoms with E-state index in [1.807, 2.05) is 0 Å². The summed E-state index contributed by atoms with van der Waals surface area (Å²) in [5, 5.41) is 4.87. The van der Waals surface area contributed by atoms with Crippen LogP contribution < -0.4 is 4.90 Å². The molecule has 12 rings (SSSR count). The molecular formula is C64H47N. The zero-order valence-corrected chi connectivity index (χ0v) is 36.5. The van der Waals surface area contributed by atoms with Crippen LogP contribution in [0.3, 0.4) is 0 Å². The number of rotatable bonds is 8. The Morgan fingerprint density at radius 1 is 0.415 bits per heavy atom. The third kappa shape index (κ3) is 6.30. The van der Waals surface area contributed by atoms with Crippen molar-refractivity contribution in [3.8, 4) is 33.4 Å². The van der Waals surface area contributed by atoms with Gasteiger partial charge in [0.05, 0.1) is 22.5 Å². The largest absolute Gasteiger partial charge is 0.309 e. The first-order valence-electron chi connectivity index (χ1n) is 22.9. The molecule has 1 heteroatoms. The minimum Gasteiger partial charge on any atom is -0.309 e. The molecule has 0 heterocycles. The van der Waals surface area contributed by atoms with Gasteiger partial charge < -0.3 is 4.90 Å². The number of allylic oxidation sites excluding steroid dienone is 4. The molecule has 10 aromatic rings. The lowest BCUT2D eigenvalue weighted by Gasteiger charge is -2.36. The lowest BCUT2D eigenvalue weighted by atomic mass is 9.66. The zero-order valence-electron chi connectivity index (χ0n) is 36.5.